The van der Waals surface area contributed by atoms with Crippen molar-refractivity contribution in [1.82, 2.24) is 0 Å². The number of esters is 3. The Kier molecular flexibility index (Phi) is 22.2. The van der Waals surface area contributed by atoms with Crippen molar-refractivity contribution in [2.45, 2.75) is 154 Å². The molecular formula is C36H58N3O12P. The van der Waals surface area contributed by atoms with Gasteiger partial charge in [0.2, 0.25) is 0 Å². The lowest BCUT2D eigenvalue weighted by atomic mass is 9.96. The summed E-state index contributed by atoms with van der Waals surface area (Å²) in [7, 11) is -3.37. The fraction of sp³-hybridized carbons (Fsp3) is 0.750. The summed E-state index contributed by atoms with van der Waals surface area (Å²) >= 11 is 0. The first-order valence-corrected chi connectivity index (χ1v) is 19.9. The summed E-state index contributed by atoms with van der Waals surface area (Å²) in [4.78, 5) is 39.1. The van der Waals surface area contributed by atoms with Gasteiger partial charge in [0.25, 0.3) is 0 Å². The topological polar surface area (TPSA) is 191 Å². The number of phosphoric acid groups is 1. The van der Waals surface area contributed by atoms with E-state index in [0.717, 1.165) is 39.7 Å². The van der Waals surface area contributed by atoms with Gasteiger partial charge in [-0.25, -0.2) is 13.9 Å². The van der Waals surface area contributed by atoms with Gasteiger partial charge in [0.1, 0.15) is 30.6 Å². The Morgan fingerprint density at radius 3 is 1.98 bits per heavy atom. The van der Waals surface area contributed by atoms with Gasteiger partial charge in [-0.1, -0.05) is 114 Å². The summed E-state index contributed by atoms with van der Waals surface area (Å²) in [5.41, 5.74) is 9.53. The Labute approximate surface area is 307 Å². The van der Waals surface area contributed by atoms with Crippen LogP contribution in [0.15, 0.2) is 35.4 Å². The zero-order chi connectivity index (χ0) is 38.2. The van der Waals surface area contributed by atoms with E-state index in [4.69, 9.17) is 37.3 Å². The van der Waals surface area contributed by atoms with E-state index >= 15 is 0 Å². The van der Waals surface area contributed by atoms with Crippen LogP contribution in [0.25, 0.3) is 10.4 Å². The minimum absolute atomic E-state index is 0.0211. The largest absolute Gasteiger partial charge is 0.532 e. The Morgan fingerprint density at radius 1 is 0.885 bits per heavy atom. The summed E-state index contributed by atoms with van der Waals surface area (Å²) in [5, 5.41) is 3.76. The molecule has 0 spiro atoms. The lowest BCUT2D eigenvalue weighted by Crippen LogP contribution is -2.61. The third-order valence-electron chi connectivity index (χ3n) is 8.39. The van der Waals surface area contributed by atoms with Gasteiger partial charge < -0.3 is 28.2 Å². The molecular weight excluding hydrogens is 697 g/mol. The van der Waals surface area contributed by atoms with Gasteiger partial charge >= 0.3 is 25.7 Å². The van der Waals surface area contributed by atoms with Gasteiger partial charge in [0, 0.05) is 18.8 Å². The number of methoxy groups -OCH3 is 1. The summed E-state index contributed by atoms with van der Waals surface area (Å²) in [6.07, 6.45) is 9.28. The van der Waals surface area contributed by atoms with E-state index < -0.39 is 69.1 Å². The number of nitrogens with zero attached hydrogens (tertiary/aromatic N) is 3. The molecule has 1 saturated heterocycles. The first kappa shape index (κ1) is 45.0. The summed E-state index contributed by atoms with van der Waals surface area (Å²) in [5.74, 6) is -2.05. The normalized spacial score (nSPS) is 21.6. The van der Waals surface area contributed by atoms with Crippen molar-refractivity contribution in [3.63, 3.8) is 0 Å². The summed E-state index contributed by atoms with van der Waals surface area (Å²) in [6, 6.07) is 6.70. The second kappa shape index (κ2) is 25.7. The zero-order valence-corrected chi connectivity index (χ0v) is 32.2. The van der Waals surface area contributed by atoms with Crippen molar-refractivity contribution >= 4 is 25.7 Å². The summed E-state index contributed by atoms with van der Waals surface area (Å²) in [6.45, 7) is 5.46. The van der Waals surface area contributed by atoms with Crippen molar-refractivity contribution in [3.8, 4) is 5.75 Å². The molecule has 0 saturated carbocycles. The smallest absolute Gasteiger partial charge is 0.467 e. The minimum atomic E-state index is -4.53. The highest BCUT2D eigenvalue weighted by molar-refractivity contribution is 7.49. The molecule has 1 fully saturated rings. The third-order valence-corrected chi connectivity index (χ3v) is 9.79. The summed E-state index contributed by atoms with van der Waals surface area (Å²) < 4.78 is 59.0. The van der Waals surface area contributed by atoms with Crippen LogP contribution >= 0.6 is 7.82 Å². The van der Waals surface area contributed by atoms with Crippen LogP contribution in [-0.2, 0) is 51.7 Å². The Balaban J connectivity index is 2.15. The number of carbonyl (C=O) groups is 3. The predicted octanol–water partition coefficient (Wildman–Crippen LogP) is 8.53. The first-order chi connectivity index (χ1) is 25.0. The zero-order valence-electron chi connectivity index (χ0n) is 31.4. The van der Waals surface area contributed by atoms with Gasteiger partial charge in [-0.05, 0) is 31.0 Å². The number of hydrogen-bond acceptors (Lipinski definition) is 13. The Bertz CT molecular complexity index is 1280. The molecule has 294 valence electrons. The number of ether oxygens (including phenoxy) is 5. The van der Waals surface area contributed by atoms with Crippen LogP contribution in [0.3, 0.4) is 0 Å². The molecule has 0 N–H and O–H groups in total. The second-order valence-corrected chi connectivity index (χ2v) is 14.3. The maximum atomic E-state index is 14.3. The van der Waals surface area contributed by atoms with Crippen molar-refractivity contribution in [2.24, 2.45) is 5.11 Å². The number of hydrogen-bond donors (Lipinski definition) is 0. The molecule has 0 aliphatic carbocycles. The number of unbranched alkanes of at least 4 members (excludes halogenated alkanes) is 13. The number of carbonyl (C=O) groups excluding carboxylic acids is 3. The molecule has 2 rings (SSSR count). The van der Waals surface area contributed by atoms with Crippen molar-refractivity contribution in [2.75, 3.05) is 20.3 Å². The molecule has 0 amide bonds. The molecule has 0 bridgehead atoms. The van der Waals surface area contributed by atoms with Gasteiger partial charge in [0.15, 0.2) is 18.5 Å². The lowest BCUT2D eigenvalue weighted by Gasteiger charge is -2.44. The Hall–Kier alpha value is -3.19. The van der Waals surface area contributed by atoms with E-state index in [1.165, 1.54) is 71.6 Å². The van der Waals surface area contributed by atoms with Crippen molar-refractivity contribution in [3.05, 3.63) is 40.8 Å². The molecule has 1 aromatic rings. The molecule has 1 aliphatic rings. The molecule has 7 atom stereocenters. The number of benzene rings is 1. The lowest BCUT2D eigenvalue weighted by molar-refractivity contribution is -0.264. The van der Waals surface area contributed by atoms with Gasteiger partial charge in [-0.3, -0.25) is 14.1 Å². The molecule has 1 aliphatic heterocycles. The number of rotatable bonds is 27. The standard InChI is InChI=1S/C36H58N3O12P/c1-6-7-8-9-10-11-12-13-14-15-16-17-18-22-25-46-52(43,50-30-23-20-19-21-24-30)51-36-32(38-39-37)34(47-27(2)35(42)44-5)33(48-29(4)41)31(49-36)26-45-28(3)40/h19-21,23-24,27,31-34,36H,6-18,22,25-26H2,1-5H3/t27-,31-,32-,33-,34-,36-,52?/m1/s1. The van der Waals surface area contributed by atoms with Crippen LogP contribution in [0.1, 0.15) is 118 Å². The van der Waals surface area contributed by atoms with Crippen molar-refractivity contribution in [1.29, 1.82) is 0 Å². The quantitative estimate of drug-likeness (QED) is 0.0158. The van der Waals surface area contributed by atoms with E-state index in [9.17, 15) is 24.5 Å². The fourth-order valence-electron chi connectivity index (χ4n) is 5.73. The molecule has 16 heteroatoms. The maximum absolute atomic E-state index is 14.3. The number of para-hydroxylation sites is 1. The SMILES string of the molecule is CCCCCCCCCCCCCCCCOP(=O)(Oc1ccccc1)O[C@H]1O[C@H](COC(C)=O)[C@@H](OC(C)=O)[C@H](O[C@H](C)C(=O)OC)[C@H]1N=[N+]=[N-]. The van der Waals surface area contributed by atoms with E-state index in [2.05, 4.69) is 16.9 Å². The molecule has 1 heterocycles. The molecule has 15 nitrogen and oxygen atoms in total. The first-order valence-electron chi connectivity index (χ1n) is 18.4. The van der Waals surface area contributed by atoms with Crippen LogP contribution in [0, 0.1) is 0 Å². The molecule has 1 unspecified atom stereocenters. The van der Waals surface area contributed by atoms with Gasteiger partial charge in [-0.15, -0.1) is 0 Å². The third kappa shape index (κ3) is 17.6. The Morgan fingerprint density at radius 2 is 1.46 bits per heavy atom. The average Bonchev–Trinajstić information content (AvgIpc) is 3.11. The molecule has 0 radical (unpaired) electrons. The monoisotopic (exact) mass is 755 g/mol. The highest BCUT2D eigenvalue weighted by Gasteiger charge is 2.53. The van der Waals surface area contributed by atoms with Gasteiger partial charge in [0.05, 0.1) is 13.7 Å². The molecule has 52 heavy (non-hydrogen) atoms. The van der Waals surface area contributed by atoms with E-state index in [0.29, 0.717) is 6.42 Å². The predicted molar refractivity (Wildman–Crippen MR) is 192 cm³/mol. The van der Waals surface area contributed by atoms with E-state index in [1.54, 1.807) is 30.3 Å². The van der Waals surface area contributed by atoms with Crippen molar-refractivity contribution < 1.29 is 56.2 Å². The average molecular weight is 756 g/mol. The maximum Gasteiger partial charge on any atom is 0.532 e. The molecule has 0 aromatic heterocycles. The molecule has 1 aromatic carbocycles. The minimum Gasteiger partial charge on any atom is -0.467 e. The van der Waals surface area contributed by atoms with Gasteiger partial charge in [-0.2, -0.15) is 0 Å². The van der Waals surface area contributed by atoms with Crippen LogP contribution in [0.2, 0.25) is 0 Å². The van der Waals surface area contributed by atoms with Crippen LogP contribution < -0.4 is 4.52 Å². The highest BCUT2D eigenvalue weighted by atomic mass is 31.2. The van der Waals surface area contributed by atoms with E-state index in [-0.39, 0.29) is 12.4 Å². The highest BCUT2D eigenvalue weighted by Crippen LogP contribution is 2.52. The number of phosphoric ester groups is 1. The van der Waals surface area contributed by atoms with Crippen LogP contribution in [0.4, 0.5) is 0 Å². The fourth-order valence-corrected chi connectivity index (χ4v) is 7.05. The van der Waals surface area contributed by atoms with E-state index in [1.807, 2.05) is 0 Å². The van der Waals surface area contributed by atoms with Crippen LogP contribution in [0.5, 0.6) is 5.75 Å². The second-order valence-electron chi connectivity index (χ2n) is 12.8. The van der Waals surface area contributed by atoms with Crippen LogP contribution in [-0.4, -0.2) is 75.0 Å². The number of azide groups is 1.